The van der Waals surface area contributed by atoms with E-state index in [4.69, 9.17) is 0 Å². The zero-order valence-electron chi connectivity index (χ0n) is 12.6. The van der Waals surface area contributed by atoms with E-state index in [1.165, 1.54) is 11.3 Å². The molecule has 0 saturated carbocycles. The molecule has 0 atom stereocenters. The van der Waals surface area contributed by atoms with Crippen LogP contribution in [0.15, 0.2) is 41.8 Å². The average molecular weight is 313 g/mol. The molecule has 1 aromatic carbocycles. The number of likely N-dealkylation sites (tertiary alicyclic amines) is 1. The monoisotopic (exact) mass is 313 g/mol. The van der Waals surface area contributed by atoms with Gasteiger partial charge in [-0.05, 0) is 36.3 Å². The lowest BCUT2D eigenvalue weighted by Gasteiger charge is -2.30. The van der Waals surface area contributed by atoms with Gasteiger partial charge < -0.3 is 4.90 Å². The Morgan fingerprint density at radius 2 is 1.73 bits per heavy atom. The maximum atomic E-state index is 12.8. The van der Waals surface area contributed by atoms with Crippen LogP contribution < -0.4 is 0 Å². The number of benzene rings is 1. The van der Waals surface area contributed by atoms with E-state index in [-0.39, 0.29) is 11.7 Å². The number of piperidine rings is 1. The van der Waals surface area contributed by atoms with Gasteiger partial charge in [0.15, 0.2) is 0 Å². The Balaban J connectivity index is 1.88. The van der Waals surface area contributed by atoms with Crippen molar-refractivity contribution >= 4 is 23.0 Å². The number of nitrogens with zero attached hydrogens (tertiary/aromatic N) is 1. The van der Waals surface area contributed by atoms with Gasteiger partial charge in [-0.15, -0.1) is 11.3 Å². The highest BCUT2D eigenvalue weighted by atomic mass is 32.1. The van der Waals surface area contributed by atoms with Crippen molar-refractivity contribution < 1.29 is 9.59 Å². The zero-order chi connectivity index (χ0) is 15.5. The third-order valence-electron chi connectivity index (χ3n) is 4.22. The molecule has 1 amide bonds. The standard InChI is InChI=1S/C18H19NO2S/c1-13-8-10-19(11-9-13)18(21)15-6-3-2-5-14(15)17(20)16-7-4-12-22-16/h2-7,12-13H,8-11H2,1H3. The van der Waals surface area contributed by atoms with Crippen molar-refractivity contribution in [3.05, 3.63) is 57.8 Å². The fourth-order valence-corrected chi connectivity index (χ4v) is 3.47. The second-order valence-electron chi connectivity index (χ2n) is 5.83. The van der Waals surface area contributed by atoms with Gasteiger partial charge >= 0.3 is 0 Å². The number of hydrogen-bond donors (Lipinski definition) is 0. The van der Waals surface area contributed by atoms with Gasteiger partial charge in [0.25, 0.3) is 5.91 Å². The van der Waals surface area contributed by atoms with Crippen molar-refractivity contribution in [2.75, 3.05) is 13.1 Å². The summed E-state index contributed by atoms with van der Waals surface area (Å²) >= 11 is 1.41. The van der Waals surface area contributed by atoms with E-state index in [0.717, 1.165) is 25.9 Å². The number of hydrogen-bond acceptors (Lipinski definition) is 3. The lowest BCUT2D eigenvalue weighted by Crippen LogP contribution is -2.38. The van der Waals surface area contributed by atoms with Crippen molar-refractivity contribution in [1.29, 1.82) is 0 Å². The zero-order valence-corrected chi connectivity index (χ0v) is 13.4. The predicted octanol–water partition coefficient (Wildman–Crippen LogP) is 3.85. The molecule has 0 N–H and O–H groups in total. The van der Waals surface area contributed by atoms with Crippen LogP contribution in [0, 0.1) is 5.92 Å². The number of amides is 1. The van der Waals surface area contributed by atoms with Crippen LogP contribution in [0.2, 0.25) is 0 Å². The topological polar surface area (TPSA) is 37.4 Å². The van der Waals surface area contributed by atoms with Crippen LogP contribution in [-0.2, 0) is 0 Å². The fraction of sp³-hybridized carbons (Fsp3) is 0.333. The van der Waals surface area contributed by atoms with Crippen LogP contribution >= 0.6 is 11.3 Å². The largest absolute Gasteiger partial charge is 0.339 e. The third-order valence-corrected chi connectivity index (χ3v) is 5.09. The van der Waals surface area contributed by atoms with Gasteiger partial charge in [0.1, 0.15) is 0 Å². The Labute approximate surface area is 134 Å². The molecule has 1 aliphatic heterocycles. The number of thiophene rings is 1. The lowest BCUT2D eigenvalue weighted by molar-refractivity contribution is 0.0693. The summed E-state index contributed by atoms with van der Waals surface area (Å²) in [5.41, 5.74) is 1.03. The highest BCUT2D eigenvalue weighted by molar-refractivity contribution is 7.12. The minimum Gasteiger partial charge on any atom is -0.339 e. The highest BCUT2D eigenvalue weighted by Gasteiger charge is 2.25. The Morgan fingerprint density at radius 1 is 1.05 bits per heavy atom. The molecular formula is C18H19NO2S. The van der Waals surface area contributed by atoms with Crippen molar-refractivity contribution in [1.82, 2.24) is 4.90 Å². The third kappa shape index (κ3) is 2.97. The summed E-state index contributed by atoms with van der Waals surface area (Å²) in [5.74, 6) is 0.587. The number of rotatable bonds is 3. The van der Waals surface area contributed by atoms with Gasteiger partial charge in [-0.2, -0.15) is 0 Å². The molecule has 2 aromatic rings. The van der Waals surface area contributed by atoms with E-state index >= 15 is 0 Å². The summed E-state index contributed by atoms with van der Waals surface area (Å²) in [5, 5.41) is 1.88. The van der Waals surface area contributed by atoms with E-state index in [1.807, 2.05) is 28.5 Å². The van der Waals surface area contributed by atoms with Gasteiger partial charge in [0, 0.05) is 18.7 Å². The fourth-order valence-electron chi connectivity index (χ4n) is 2.79. The molecule has 1 aromatic heterocycles. The molecule has 114 valence electrons. The first-order chi connectivity index (χ1) is 10.7. The van der Waals surface area contributed by atoms with Crippen molar-refractivity contribution in [2.24, 2.45) is 5.92 Å². The minimum atomic E-state index is -0.0654. The normalized spacial score (nSPS) is 15.8. The summed E-state index contributed by atoms with van der Waals surface area (Å²) in [6, 6.07) is 10.8. The van der Waals surface area contributed by atoms with E-state index in [9.17, 15) is 9.59 Å². The van der Waals surface area contributed by atoms with Crippen LogP contribution in [0.25, 0.3) is 0 Å². The minimum absolute atomic E-state index is 0.0209. The van der Waals surface area contributed by atoms with Crippen LogP contribution in [0.3, 0.4) is 0 Å². The van der Waals surface area contributed by atoms with Gasteiger partial charge in [-0.25, -0.2) is 0 Å². The Hall–Kier alpha value is -1.94. The van der Waals surface area contributed by atoms with Crippen LogP contribution in [0.1, 0.15) is 45.4 Å². The molecule has 3 nitrogen and oxygen atoms in total. The summed E-state index contributed by atoms with van der Waals surface area (Å²) in [6.45, 7) is 3.78. The predicted molar refractivity (Wildman–Crippen MR) is 88.5 cm³/mol. The van der Waals surface area contributed by atoms with E-state index in [2.05, 4.69) is 6.92 Å². The molecule has 22 heavy (non-hydrogen) atoms. The van der Waals surface area contributed by atoms with Crippen LogP contribution in [-0.4, -0.2) is 29.7 Å². The second-order valence-corrected chi connectivity index (χ2v) is 6.77. The summed E-state index contributed by atoms with van der Waals surface area (Å²) in [6.07, 6.45) is 2.07. The second kappa shape index (κ2) is 6.44. The Morgan fingerprint density at radius 3 is 2.36 bits per heavy atom. The molecule has 1 fully saturated rings. The number of ketones is 1. The van der Waals surface area contributed by atoms with Gasteiger partial charge in [0.2, 0.25) is 5.78 Å². The highest BCUT2D eigenvalue weighted by Crippen LogP contribution is 2.22. The molecular weight excluding hydrogens is 294 g/mol. The Kier molecular flexibility index (Phi) is 4.39. The first kappa shape index (κ1) is 15.0. The van der Waals surface area contributed by atoms with Crippen molar-refractivity contribution in [2.45, 2.75) is 19.8 Å². The summed E-state index contributed by atoms with van der Waals surface area (Å²) in [7, 11) is 0. The summed E-state index contributed by atoms with van der Waals surface area (Å²) in [4.78, 5) is 27.9. The SMILES string of the molecule is CC1CCN(C(=O)c2ccccc2C(=O)c2cccs2)CC1. The molecule has 0 aliphatic carbocycles. The van der Waals surface area contributed by atoms with Gasteiger partial charge in [0.05, 0.1) is 10.4 Å². The summed E-state index contributed by atoms with van der Waals surface area (Å²) < 4.78 is 0. The lowest BCUT2D eigenvalue weighted by atomic mass is 9.97. The molecule has 1 saturated heterocycles. The first-order valence-corrected chi connectivity index (χ1v) is 8.51. The average Bonchev–Trinajstić information content (AvgIpc) is 3.09. The molecule has 3 rings (SSSR count). The smallest absolute Gasteiger partial charge is 0.254 e. The maximum absolute atomic E-state index is 12.8. The molecule has 0 spiro atoms. The number of carbonyl (C=O) groups excluding carboxylic acids is 2. The molecule has 2 heterocycles. The van der Waals surface area contributed by atoms with Crippen LogP contribution in [0.5, 0.6) is 0 Å². The van der Waals surface area contributed by atoms with E-state index < -0.39 is 0 Å². The van der Waals surface area contributed by atoms with E-state index in [1.54, 1.807) is 18.2 Å². The quantitative estimate of drug-likeness (QED) is 0.807. The van der Waals surface area contributed by atoms with Crippen LogP contribution in [0.4, 0.5) is 0 Å². The molecule has 0 radical (unpaired) electrons. The molecule has 0 bridgehead atoms. The molecule has 0 unspecified atom stereocenters. The first-order valence-electron chi connectivity index (χ1n) is 7.63. The van der Waals surface area contributed by atoms with Crippen molar-refractivity contribution in [3.8, 4) is 0 Å². The molecule has 1 aliphatic rings. The Bertz CT molecular complexity index is 670. The van der Waals surface area contributed by atoms with Crippen molar-refractivity contribution in [3.63, 3.8) is 0 Å². The van der Waals surface area contributed by atoms with E-state index in [0.29, 0.717) is 21.9 Å². The van der Waals surface area contributed by atoms with Gasteiger partial charge in [-0.1, -0.05) is 31.2 Å². The molecule has 4 heteroatoms. The van der Waals surface area contributed by atoms with Gasteiger partial charge in [-0.3, -0.25) is 9.59 Å². The number of carbonyl (C=O) groups is 2. The maximum Gasteiger partial charge on any atom is 0.254 e.